The van der Waals surface area contributed by atoms with Gasteiger partial charge in [0.1, 0.15) is 48.7 Å². The maximum Gasteiger partial charge on any atom is 0.286 e. The quantitative estimate of drug-likeness (QED) is 0.232. The summed E-state index contributed by atoms with van der Waals surface area (Å²) >= 11 is 0. The van der Waals surface area contributed by atoms with Crippen molar-refractivity contribution in [3.63, 3.8) is 0 Å². The van der Waals surface area contributed by atoms with Gasteiger partial charge in [0.25, 0.3) is 6.02 Å². The second-order valence-corrected chi connectivity index (χ2v) is 6.63. The first-order chi connectivity index (χ1) is 12.3. The van der Waals surface area contributed by atoms with Crippen molar-refractivity contribution in [2.45, 2.75) is 60.6 Å². The fraction of sp³-hybridized carbons (Fsp3) is 0.929. The van der Waals surface area contributed by atoms with E-state index in [1.807, 2.05) is 0 Å². The van der Waals surface area contributed by atoms with Crippen molar-refractivity contribution in [2.24, 2.45) is 4.99 Å². The molecule has 0 radical (unpaired) electrons. The van der Waals surface area contributed by atoms with E-state index in [4.69, 9.17) is 14.2 Å². The maximum absolute atomic E-state index is 10.3. The van der Waals surface area contributed by atoms with Gasteiger partial charge in [0, 0.05) is 7.11 Å². The molecular weight excluding hydrogens is 356 g/mol. The third-order valence-corrected chi connectivity index (χ3v) is 5.19. The molecule has 0 aromatic heterocycles. The van der Waals surface area contributed by atoms with Crippen LogP contribution in [0.2, 0.25) is 0 Å². The molecule has 1 aliphatic carbocycles. The van der Waals surface area contributed by atoms with Crippen LogP contribution in [0, 0.1) is 0 Å². The highest BCUT2D eigenvalue weighted by molar-refractivity contribution is 5.77. The van der Waals surface area contributed by atoms with Crippen molar-refractivity contribution in [1.82, 2.24) is 5.32 Å². The Morgan fingerprint density at radius 1 is 1.08 bits per heavy atom. The molecular formula is C14H24N2O10. The number of aliphatic hydroxyl groups is 7. The van der Waals surface area contributed by atoms with Gasteiger partial charge in [0.2, 0.25) is 0 Å². The lowest BCUT2D eigenvalue weighted by Gasteiger charge is -2.42. The Hall–Kier alpha value is -1.09. The summed E-state index contributed by atoms with van der Waals surface area (Å²) in [5.41, 5.74) is -1.74. The Bertz CT molecular complexity index is 548. The number of nitrogens with zero attached hydrogens (tertiary/aromatic N) is 1. The van der Waals surface area contributed by atoms with Gasteiger partial charge in [-0.2, -0.15) is 0 Å². The minimum atomic E-state index is -1.74. The van der Waals surface area contributed by atoms with Crippen LogP contribution in [0.1, 0.15) is 0 Å². The van der Waals surface area contributed by atoms with E-state index in [0.29, 0.717) is 0 Å². The van der Waals surface area contributed by atoms with Gasteiger partial charge >= 0.3 is 0 Å². The van der Waals surface area contributed by atoms with E-state index in [0.717, 1.165) is 0 Å². The molecule has 12 nitrogen and oxygen atoms in total. The van der Waals surface area contributed by atoms with Crippen molar-refractivity contribution >= 4 is 6.02 Å². The van der Waals surface area contributed by atoms with Crippen LogP contribution in [0.5, 0.6) is 0 Å². The van der Waals surface area contributed by atoms with Crippen molar-refractivity contribution in [3.8, 4) is 0 Å². The Balaban J connectivity index is 1.79. The first-order valence-electron chi connectivity index (χ1n) is 8.14. The first-order valence-corrected chi connectivity index (χ1v) is 8.14. The number of fused-ring (bicyclic) bond motifs is 1. The number of amidine groups is 1. The predicted molar refractivity (Wildman–Crippen MR) is 81.8 cm³/mol. The van der Waals surface area contributed by atoms with Crippen LogP contribution in [0.4, 0.5) is 0 Å². The topological polar surface area (TPSA) is 194 Å². The van der Waals surface area contributed by atoms with Gasteiger partial charge in [-0.3, -0.25) is 0 Å². The average Bonchev–Trinajstić information content (AvgIpc) is 3.10. The van der Waals surface area contributed by atoms with Crippen LogP contribution in [0.3, 0.4) is 0 Å². The minimum absolute atomic E-state index is 0.238. The number of hydrogen-bond donors (Lipinski definition) is 8. The predicted octanol–water partition coefficient (Wildman–Crippen LogP) is -5.39. The summed E-state index contributed by atoms with van der Waals surface area (Å²) < 4.78 is 15.9. The van der Waals surface area contributed by atoms with Crippen LogP contribution in [-0.4, -0.2) is 123 Å². The molecule has 1 saturated heterocycles. The fourth-order valence-corrected chi connectivity index (χ4v) is 3.63. The van der Waals surface area contributed by atoms with Gasteiger partial charge in [-0.25, -0.2) is 4.99 Å². The molecule has 0 unspecified atom stereocenters. The molecule has 8 N–H and O–H groups in total. The van der Waals surface area contributed by atoms with Gasteiger partial charge in [0.15, 0.2) is 11.9 Å². The highest BCUT2D eigenvalue weighted by Crippen LogP contribution is 2.40. The number of hydrogen-bond acceptors (Lipinski definition) is 12. The fourth-order valence-electron chi connectivity index (χ4n) is 3.63. The first kappa shape index (κ1) is 19.7. The Kier molecular flexibility index (Phi) is 5.40. The van der Waals surface area contributed by atoms with Gasteiger partial charge in [-0.1, -0.05) is 0 Å². The molecule has 2 heterocycles. The summed E-state index contributed by atoms with van der Waals surface area (Å²) in [5, 5.41) is 71.7. The van der Waals surface area contributed by atoms with Crippen molar-refractivity contribution in [1.29, 1.82) is 0 Å². The molecule has 0 spiro atoms. The van der Waals surface area contributed by atoms with Gasteiger partial charge < -0.3 is 55.3 Å². The molecule has 12 heteroatoms. The maximum atomic E-state index is 10.3. The summed E-state index contributed by atoms with van der Waals surface area (Å²) in [6, 6.07) is -2.44. The molecule has 0 aromatic carbocycles. The summed E-state index contributed by atoms with van der Waals surface area (Å²) in [6.45, 7) is -1.26. The summed E-state index contributed by atoms with van der Waals surface area (Å²) in [6.07, 6.45) is -9.58. The largest absolute Gasteiger partial charge is 0.451 e. The van der Waals surface area contributed by atoms with E-state index >= 15 is 0 Å². The molecule has 0 aromatic rings. The van der Waals surface area contributed by atoms with Crippen LogP contribution in [0.25, 0.3) is 0 Å². The number of aliphatic imine (C=N–C) groups is 1. The lowest BCUT2D eigenvalue weighted by atomic mass is 9.97. The van der Waals surface area contributed by atoms with Gasteiger partial charge in [0.05, 0.1) is 13.2 Å². The smallest absolute Gasteiger partial charge is 0.286 e. The molecule has 10 atom stereocenters. The van der Waals surface area contributed by atoms with E-state index in [1.165, 1.54) is 7.11 Å². The Morgan fingerprint density at radius 3 is 2.31 bits per heavy atom. The molecule has 0 amide bonds. The third kappa shape index (κ3) is 2.78. The molecule has 2 aliphatic heterocycles. The normalized spacial score (nSPS) is 50.9. The second kappa shape index (κ2) is 7.14. The monoisotopic (exact) mass is 380 g/mol. The third-order valence-electron chi connectivity index (χ3n) is 5.19. The zero-order chi connectivity index (χ0) is 19.2. The van der Waals surface area contributed by atoms with Gasteiger partial charge in [-0.05, 0) is 0 Å². The Labute approximate surface area is 148 Å². The number of ether oxygens (including phenoxy) is 3. The molecule has 1 saturated carbocycles. The standard InChI is InChI=1S/C14H24N2O10/c1-24-12-5(7(20)6(19)4(2-17)25-12)15-13-16-10-8(21)9(22)11(23)14(10,3-18)26-13/h4-12,17-23H,2-3H2,1H3,(H,15,16)/t4-,5-,6-,7-,8-,9-,10-,11+,12+,14-/m1/s1. The average molecular weight is 380 g/mol. The van der Waals surface area contributed by atoms with E-state index < -0.39 is 73.8 Å². The molecule has 2 fully saturated rings. The number of nitrogens with one attached hydrogen (secondary N) is 1. The molecule has 3 aliphatic rings. The van der Waals surface area contributed by atoms with Crippen LogP contribution >= 0.6 is 0 Å². The van der Waals surface area contributed by atoms with Crippen molar-refractivity contribution in [2.75, 3.05) is 20.3 Å². The SMILES string of the molecule is CO[C@H]1O[C@H](CO)[C@@H](O)[C@H](O)[C@H]1NC1=N[C@@H]2[C@H](O)[C@@H](O)[C@H](O)[C@]2(CO)O1. The number of aliphatic hydroxyl groups excluding tert-OH is 7. The summed E-state index contributed by atoms with van der Waals surface area (Å²) in [4.78, 5) is 4.04. The molecule has 150 valence electrons. The van der Waals surface area contributed by atoms with Crippen molar-refractivity contribution in [3.05, 3.63) is 0 Å². The molecule has 26 heavy (non-hydrogen) atoms. The van der Waals surface area contributed by atoms with Crippen LogP contribution < -0.4 is 5.32 Å². The van der Waals surface area contributed by atoms with E-state index in [-0.39, 0.29) is 6.02 Å². The van der Waals surface area contributed by atoms with Crippen molar-refractivity contribution < 1.29 is 50.0 Å². The zero-order valence-corrected chi connectivity index (χ0v) is 13.9. The summed E-state index contributed by atoms with van der Waals surface area (Å²) in [5.74, 6) is 0. The lowest BCUT2D eigenvalue weighted by Crippen LogP contribution is -2.65. The van der Waals surface area contributed by atoms with Crippen LogP contribution in [-0.2, 0) is 14.2 Å². The minimum Gasteiger partial charge on any atom is -0.451 e. The van der Waals surface area contributed by atoms with E-state index in [2.05, 4.69) is 10.3 Å². The Morgan fingerprint density at radius 2 is 1.77 bits per heavy atom. The van der Waals surface area contributed by atoms with Gasteiger partial charge in [-0.15, -0.1) is 0 Å². The molecule has 3 rings (SSSR count). The zero-order valence-electron chi connectivity index (χ0n) is 13.9. The number of rotatable bonds is 4. The highest BCUT2D eigenvalue weighted by Gasteiger charge is 2.65. The molecule has 0 bridgehead atoms. The summed E-state index contributed by atoms with van der Waals surface area (Å²) in [7, 11) is 1.29. The number of methoxy groups -OCH3 is 1. The highest BCUT2D eigenvalue weighted by atomic mass is 16.7. The second-order valence-electron chi connectivity index (χ2n) is 6.63. The lowest BCUT2D eigenvalue weighted by molar-refractivity contribution is -0.261. The van der Waals surface area contributed by atoms with E-state index in [9.17, 15) is 35.7 Å². The van der Waals surface area contributed by atoms with Crippen LogP contribution in [0.15, 0.2) is 4.99 Å². The van der Waals surface area contributed by atoms with E-state index in [1.54, 1.807) is 0 Å².